The zero-order valence-corrected chi connectivity index (χ0v) is 24.8. The lowest BCUT2D eigenvalue weighted by Crippen LogP contribution is -2.43. The molecule has 0 heterocycles. The fourth-order valence-electron chi connectivity index (χ4n) is 5.68. The predicted molar refractivity (Wildman–Crippen MR) is 159 cm³/mol. The fraction of sp³-hybridized carbons (Fsp3) is 0.629. The number of hydrogen-bond acceptors (Lipinski definition) is 3. The molecule has 3 nitrogen and oxygen atoms in total. The fourth-order valence-corrected chi connectivity index (χ4v) is 5.68. The van der Waals surface area contributed by atoms with E-state index >= 15 is 0 Å². The van der Waals surface area contributed by atoms with Gasteiger partial charge in [0.15, 0.2) is 5.78 Å². The molecule has 2 atom stereocenters. The molecule has 0 bridgehead atoms. The molecule has 0 saturated heterocycles. The Hall–Kier alpha value is -1.97. The smallest absolute Gasteiger partial charge is 0.223 e. The highest BCUT2D eigenvalue weighted by Gasteiger charge is 2.46. The van der Waals surface area contributed by atoms with Gasteiger partial charge in [-0.2, -0.15) is 0 Å². The zero-order chi connectivity index (χ0) is 27.4. The molecule has 0 N–H and O–H groups in total. The molecule has 2 aromatic rings. The van der Waals surface area contributed by atoms with Gasteiger partial charge in [0, 0.05) is 22.3 Å². The SMILES string of the molecule is CCCCCc1ccc2c(c1)C(=O)c1ccccc1C2(OCC(CC)CCCC)OCC(CC)CCCC. The van der Waals surface area contributed by atoms with Crippen LogP contribution in [0.4, 0.5) is 0 Å². The van der Waals surface area contributed by atoms with Crippen molar-refractivity contribution in [1.29, 1.82) is 0 Å². The van der Waals surface area contributed by atoms with E-state index in [1.54, 1.807) is 0 Å². The second-order valence-corrected chi connectivity index (χ2v) is 11.3. The van der Waals surface area contributed by atoms with Crippen LogP contribution in [0.3, 0.4) is 0 Å². The van der Waals surface area contributed by atoms with Gasteiger partial charge in [-0.1, -0.05) is 122 Å². The summed E-state index contributed by atoms with van der Waals surface area (Å²) < 4.78 is 14.0. The summed E-state index contributed by atoms with van der Waals surface area (Å²) in [7, 11) is 0. The van der Waals surface area contributed by atoms with Gasteiger partial charge in [-0.05, 0) is 49.1 Å². The molecule has 2 aromatic carbocycles. The van der Waals surface area contributed by atoms with Crippen molar-refractivity contribution in [2.24, 2.45) is 11.8 Å². The second-order valence-electron chi connectivity index (χ2n) is 11.3. The molecule has 2 unspecified atom stereocenters. The highest BCUT2D eigenvalue weighted by Crippen LogP contribution is 2.45. The Morgan fingerprint density at radius 2 is 1.26 bits per heavy atom. The van der Waals surface area contributed by atoms with E-state index in [9.17, 15) is 4.79 Å². The van der Waals surface area contributed by atoms with Crippen molar-refractivity contribution in [3.8, 4) is 0 Å². The molecule has 38 heavy (non-hydrogen) atoms. The zero-order valence-electron chi connectivity index (χ0n) is 24.8. The van der Waals surface area contributed by atoms with Gasteiger partial charge in [-0.3, -0.25) is 4.79 Å². The van der Waals surface area contributed by atoms with Gasteiger partial charge in [0.25, 0.3) is 0 Å². The molecule has 0 saturated carbocycles. The number of hydrogen-bond donors (Lipinski definition) is 0. The van der Waals surface area contributed by atoms with E-state index in [-0.39, 0.29) is 5.78 Å². The van der Waals surface area contributed by atoms with Crippen LogP contribution < -0.4 is 0 Å². The van der Waals surface area contributed by atoms with Crippen LogP contribution in [0.15, 0.2) is 42.5 Å². The van der Waals surface area contributed by atoms with Crippen LogP contribution in [0, 0.1) is 11.8 Å². The number of unbranched alkanes of at least 4 members (excludes halogenated alkanes) is 4. The van der Waals surface area contributed by atoms with Crippen molar-refractivity contribution >= 4 is 5.78 Å². The van der Waals surface area contributed by atoms with Crippen molar-refractivity contribution in [3.63, 3.8) is 0 Å². The number of aryl methyl sites for hydroxylation is 1. The topological polar surface area (TPSA) is 35.5 Å². The minimum Gasteiger partial charge on any atom is -0.342 e. The Bertz CT molecular complexity index is 974. The lowest BCUT2D eigenvalue weighted by atomic mass is 9.79. The van der Waals surface area contributed by atoms with Gasteiger partial charge >= 0.3 is 0 Å². The number of fused-ring (bicyclic) bond motifs is 2. The van der Waals surface area contributed by atoms with E-state index in [2.05, 4.69) is 52.8 Å². The molecule has 0 amide bonds. The van der Waals surface area contributed by atoms with Gasteiger partial charge in [0.1, 0.15) is 0 Å². The summed E-state index contributed by atoms with van der Waals surface area (Å²) in [4.78, 5) is 13.8. The first-order chi connectivity index (χ1) is 18.5. The molecule has 0 radical (unpaired) electrons. The summed E-state index contributed by atoms with van der Waals surface area (Å²) >= 11 is 0. The summed E-state index contributed by atoms with van der Waals surface area (Å²) in [5.41, 5.74) is 4.44. The summed E-state index contributed by atoms with van der Waals surface area (Å²) in [6.45, 7) is 12.5. The standard InChI is InChI=1S/C35H52O3/c1-6-11-14-19-29-22-23-33-31(24-29)34(36)30-20-15-16-21-32(30)35(33,37-25-27(9-4)17-12-7-2)38-26-28(10-5)18-13-8-3/h15-16,20-24,27-28H,6-14,17-19,25-26H2,1-5H3. The van der Waals surface area contributed by atoms with E-state index in [1.165, 1.54) is 44.1 Å². The summed E-state index contributed by atoms with van der Waals surface area (Å²) in [6.07, 6.45) is 13.8. The van der Waals surface area contributed by atoms with Crippen LogP contribution in [0.2, 0.25) is 0 Å². The van der Waals surface area contributed by atoms with Gasteiger partial charge in [-0.15, -0.1) is 0 Å². The Morgan fingerprint density at radius 1 is 0.684 bits per heavy atom. The third-order valence-corrected chi connectivity index (χ3v) is 8.41. The van der Waals surface area contributed by atoms with E-state index in [1.807, 2.05) is 24.3 Å². The maximum atomic E-state index is 13.8. The number of ether oxygens (including phenoxy) is 2. The number of ketones is 1. The van der Waals surface area contributed by atoms with Crippen LogP contribution in [0.25, 0.3) is 0 Å². The van der Waals surface area contributed by atoms with E-state index in [4.69, 9.17) is 9.47 Å². The first-order valence-corrected chi connectivity index (χ1v) is 15.6. The molecule has 0 aliphatic heterocycles. The largest absolute Gasteiger partial charge is 0.342 e. The van der Waals surface area contributed by atoms with Gasteiger partial charge in [0.2, 0.25) is 5.79 Å². The highest BCUT2D eigenvalue weighted by molar-refractivity contribution is 6.13. The molecule has 1 aliphatic rings. The lowest BCUT2D eigenvalue weighted by molar-refractivity contribution is -0.231. The second kappa shape index (κ2) is 15.6. The monoisotopic (exact) mass is 520 g/mol. The van der Waals surface area contributed by atoms with Gasteiger partial charge < -0.3 is 9.47 Å². The summed E-state index contributed by atoms with van der Waals surface area (Å²) in [5.74, 6) is -0.0222. The average molecular weight is 521 g/mol. The molecule has 1 aliphatic carbocycles. The Kier molecular flexibility index (Phi) is 12.5. The van der Waals surface area contributed by atoms with Crippen LogP contribution in [-0.4, -0.2) is 19.0 Å². The summed E-state index contributed by atoms with van der Waals surface area (Å²) in [5, 5.41) is 0. The van der Waals surface area contributed by atoms with Crippen molar-refractivity contribution < 1.29 is 14.3 Å². The van der Waals surface area contributed by atoms with Crippen LogP contribution in [0.1, 0.15) is 138 Å². The minimum atomic E-state index is -1.05. The first-order valence-electron chi connectivity index (χ1n) is 15.6. The molecule has 3 heteroatoms. The Morgan fingerprint density at radius 3 is 1.84 bits per heavy atom. The number of carbonyl (C=O) groups excluding carboxylic acids is 1. The molecular weight excluding hydrogens is 468 g/mol. The van der Waals surface area contributed by atoms with E-state index in [0.717, 1.165) is 55.2 Å². The van der Waals surface area contributed by atoms with Crippen molar-refractivity contribution in [1.82, 2.24) is 0 Å². The van der Waals surface area contributed by atoms with Crippen LogP contribution in [0.5, 0.6) is 0 Å². The first kappa shape index (κ1) is 30.6. The van der Waals surface area contributed by atoms with Crippen molar-refractivity contribution in [2.45, 2.75) is 117 Å². The lowest BCUT2D eigenvalue weighted by Gasteiger charge is -2.41. The molecule has 0 fully saturated rings. The third-order valence-electron chi connectivity index (χ3n) is 8.41. The average Bonchev–Trinajstić information content (AvgIpc) is 2.95. The normalized spacial score (nSPS) is 18.2. The van der Waals surface area contributed by atoms with Crippen LogP contribution >= 0.6 is 0 Å². The van der Waals surface area contributed by atoms with Gasteiger partial charge in [-0.25, -0.2) is 0 Å². The Labute approximate surface area is 232 Å². The number of carbonyl (C=O) groups is 1. The van der Waals surface area contributed by atoms with E-state index < -0.39 is 5.79 Å². The Balaban J connectivity index is 2.07. The molecule has 0 aromatic heterocycles. The van der Waals surface area contributed by atoms with Crippen molar-refractivity contribution in [3.05, 3.63) is 70.3 Å². The van der Waals surface area contributed by atoms with E-state index in [0.29, 0.717) is 30.6 Å². The minimum absolute atomic E-state index is 0.0896. The quantitative estimate of drug-likeness (QED) is 0.145. The van der Waals surface area contributed by atoms with Crippen molar-refractivity contribution in [2.75, 3.05) is 13.2 Å². The predicted octanol–water partition coefficient (Wildman–Crippen LogP) is 9.63. The third kappa shape index (κ3) is 7.36. The number of rotatable bonds is 18. The van der Waals surface area contributed by atoms with Crippen LogP contribution in [-0.2, 0) is 21.7 Å². The molecule has 0 spiro atoms. The highest BCUT2D eigenvalue weighted by atomic mass is 16.7. The summed E-state index contributed by atoms with van der Waals surface area (Å²) in [6, 6.07) is 14.4. The molecule has 210 valence electrons. The molecule has 3 rings (SSSR count). The van der Waals surface area contributed by atoms with Gasteiger partial charge in [0.05, 0.1) is 13.2 Å². The number of benzene rings is 2. The maximum Gasteiger partial charge on any atom is 0.223 e. The maximum absolute atomic E-state index is 13.8. The molecular formula is C35H52O3.